The van der Waals surface area contributed by atoms with E-state index in [2.05, 4.69) is 51.3 Å². The van der Waals surface area contributed by atoms with E-state index in [1.807, 2.05) is 31.2 Å². The van der Waals surface area contributed by atoms with Crippen molar-refractivity contribution in [1.29, 1.82) is 0 Å². The molecule has 1 amide bonds. The number of hydrogen-bond donors (Lipinski definition) is 1. The highest BCUT2D eigenvalue weighted by Crippen LogP contribution is 2.37. The van der Waals surface area contributed by atoms with Crippen LogP contribution in [0.3, 0.4) is 0 Å². The number of nitrogens with one attached hydrogen (secondary N) is 1. The van der Waals surface area contributed by atoms with Gasteiger partial charge in [-0.3, -0.25) is 4.79 Å². The van der Waals surface area contributed by atoms with Crippen LogP contribution in [-0.2, 0) is 4.79 Å². The number of nitrogens with zero attached hydrogens (tertiary/aromatic N) is 2. The quantitative estimate of drug-likeness (QED) is 0.458. The van der Waals surface area contributed by atoms with Crippen LogP contribution in [0.15, 0.2) is 46.9 Å². The molecule has 0 bridgehead atoms. The highest BCUT2D eigenvalue weighted by atomic mass is 79.9. The third-order valence-corrected chi connectivity index (χ3v) is 7.52. The second-order valence-electron chi connectivity index (χ2n) is 8.00. The summed E-state index contributed by atoms with van der Waals surface area (Å²) in [6, 6.07) is 14.4. The molecule has 3 aromatic rings. The van der Waals surface area contributed by atoms with E-state index in [-0.39, 0.29) is 11.8 Å². The minimum absolute atomic E-state index is 0.0762. The fourth-order valence-corrected chi connectivity index (χ4v) is 5.42. The van der Waals surface area contributed by atoms with Gasteiger partial charge in [-0.15, -0.1) is 0 Å². The number of benzene rings is 2. The van der Waals surface area contributed by atoms with Gasteiger partial charge >= 0.3 is 0 Å². The average molecular weight is 502 g/mol. The van der Waals surface area contributed by atoms with E-state index in [1.54, 1.807) is 11.3 Å². The summed E-state index contributed by atoms with van der Waals surface area (Å²) in [5.41, 5.74) is 2.23. The molecular weight excluding hydrogens is 474 g/mol. The van der Waals surface area contributed by atoms with Crippen LogP contribution in [0.4, 0.5) is 5.13 Å². The van der Waals surface area contributed by atoms with Crippen LogP contribution in [0.2, 0.25) is 0 Å². The van der Waals surface area contributed by atoms with Gasteiger partial charge < -0.3 is 15.0 Å². The number of carbonyl (C=O) groups is 1. The molecule has 1 atom stereocenters. The Kier molecular flexibility index (Phi) is 7.13. The molecule has 0 aliphatic carbocycles. The van der Waals surface area contributed by atoms with E-state index >= 15 is 0 Å². The summed E-state index contributed by atoms with van der Waals surface area (Å²) in [6.07, 6.45) is 1.71. The predicted octanol–water partition coefficient (Wildman–Crippen LogP) is 5.59. The first kappa shape index (κ1) is 22.1. The van der Waals surface area contributed by atoms with Crippen molar-refractivity contribution in [2.75, 3.05) is 31.1 Å². The summed E-state index contributed by atoms with van der Waals surface area (Å²) in [5, 5.41) is 4.18. The molecule has 5 nitrogen and oxygen atoms in total. The van der Waals surface area contributed by atoms with Crippen molar-refractivity contribution >= 4 is 48.5 Å². The van der Waals surface area contributed by atoms with E-state index in [4.69, 9.17) is 9.72 Å². The number of thiazole rings is 1. The van der Waals surface area contributed by atoms with E-state index in [1.165, 1.54) is 5.56 Å². The van der Waals surface area contributed by atoms with E-state index < -0.39 is 0 Å². The van der Waals surface area contributed by atoms with Gasteiger partial charge in [-0.25, -0.2) is 4.98 Å². The normalized spacial score (nSPS) is 15.8. The van der Waals surface area contributed by atoms with Crippen LogP contribution in [0.25, 0.3) is 10.2 Å². The first-order valence-electron chi connectivity index (χ1n) is 10.9. The Bertz CT molecular complexity index is 1030. The molecule has 1 N–H and O–H groups in total. The third kappa shape index (κ3) is 5.21. The van der Waals surface area contributed by atoms with E-state index in [0.717, 1.165) is 51.5 Å². The van der Waals surface area contributed by atoms with Crippen LogP contribution >= 0.6 is 27.3 Å². The molecule has 0 spiro atoms. The molecular formula is C24H28BrN3O2S. The second-order valence-corrected chi connectivity index (χ2v) is 9.86. The zero-order chi connectivity index (χ0) is 21.8. The summed E-state index contributed by atoms with van der Waals surface area (Å²) in [4.78, 5) is 19.8. The van der Waals surface area contributed by atoms with Gasteiger partial charge in [0, 0.05) is 31.6 Å². The van der Waals surface area contributed by atoms with Gasteiger partial charge in [0.2, 0.25) is 5.91 Å². The lowest BCUT2D eigenvalue weighted by molar-refractivity contribution is -0.125. The highest BCUT2D eigenvalue weighted by molar-refractivity contribution is 9.10. The Morgan fingerprint density at radius 1 is 1.29 bits per heavy atom. The van der Waals surface area contributed by atoms with Crippen molar-refractivity contribution in [1.82, 2.24) is 10.3 Å². The average Bonchev–Trinajstić information content (AvgIpc) is 3.21. The van der Waals surface area contributed by atoms with Gasteiger partial charge in [0.15, 0.2) is 5.13 Å². The SMILES string of the molecule is CCOc1cc2sc(N3CCC(C(=O)NC[C@@H](C)c4ccccc4)CC3)nc2cc1Br. The molecule has 7 heteroatoms. The van der Waals surface area contributed by atoms with Crippen molar-refractivity contribution in [2.45, 2.75) is 32.6 Å². The van der Waals surface area contributed by atoms with Crippen LogP contribution in [-0.4, -0.2) is 37.1 Å². The standard InChI is InChI=1S/C24H28BrN3O2S/c1-3-30-21-14-22-20(13-19(21)25)27-24(31-22)28-11-9-18(10-12-28)23(29)26-15-16(2)17-7-5-4-6-8-17/h4-8,13-14,16,18H,3,9-12,15H2,1-2H3,(H,26,29)/t16-/m1/s1. The zero-order valence-electron chi connectivity index (χ0n) is 17.9. The van der Waals surface area contributed by atoms with Gasteiger partial charge in [0.05, 0.1) is 21.3 Å². The summed E-state index contributed by atoms with van der Waals surface area (Å²) in [7, 11) is 0. The molecule has 0 unspecified atom stereocenters. The molecule has 1 fully saturated rings. The minimum atomic E-state index is 0.0762. The molecule has 2 heterocycles. The lowest BCUT2D eigenvalue weighted by Gasteiger charge is -2.31. The fourth-order valence-electron chi connectivity index (χ4n) is 3.95. The molecule has 1 aromatic heterocycles. The maximum absolute atomic E-state index is 12.7. The number of carbonyl (C=O) groups excluding carboxylic acids is 1. The number of ether oxygens (including phenoxy) is 1. The predicted molar refractivity (Wildman–Crippen MR) is 131 cm³/mol. The van der Waals surface area contributed by atoms with E-state index in [9.17, 15) is 4.79 Å². The number of halogens is 1. The third-order valence-electron chi connectivity index (χ3n) is 5.82. The Balaban J connectivity index is 1.32. The highest BCUT2D eigenvalue weighted by Gasteiger charge is 2.26. The maximum Gasteiger partial charge on any atom is 0.223 e. The first-order valence-corrected chi connectivity index (χ1v) is 12.5. The lowest BCUT2D eigenvalue weighted by Crippen LogP contribution is -2.41. The Morgan fingerprint density at radius 3 is 2.74 bits per heavy atom. The molecule has 1 aliphatic heterocycles. The number of hydrogen-bond acceptors (Lipinski definition) is 5. The molecule has 164 valence electrons. The van der Waals surface area contributed by atoms with Crippen LogP contribution in [0.5, 0.6) is 5.75 Å². The Morgan fingerprint density at radius 2 is 2.03 bits per heavy atom. The van der Waals surface area contributed by atoms with E-state index in [0.29, 0.717) is 19.1 Å². The first-order chi connectivity index (χ1) is 15.0. The Labute approximate surface area is 195 Å². The summed E-state index contributed by atoms with van der Waals surface area (Å²) in [6.45, 7) is 7.16. The van der Waals surface area contributed by atoms with Gasteiger partial charge in [-0.1, -0.05) is 48.6 Å². The van der Waals surface area contributed by atoms with Gasteiger partial charge in [-0.05, 0) is 53.2 Å². The molecule has 2 aromatic carbocycles. The smallest absolute Gasteiger partial charge is 0.223 e. The number of anilines is 1. The van der Waals surface area contributed by atoms with Crippen molar-refractivity contribution < 1.29 is 9.53 Å². The zero-order valence-corrected chi connectivity index (χ0v) is 20.3. The molecule has 31 heavy (non-hydrogen) atoms. The molecule has 1 saturated heterocycles. The number of aromatic nitrogens is 1. The minimum Gasteiger partial charge on any atom is -0.493 e. The van der Waals surface area contributed by atoms with Crippen molar-refractivity contribution in [3.63, 3.8) is 0 Å². The molecule has 0 radical (unpaired) electrons. The fraction of sp³-hybridized carbons (Fsp3) is 0.417. The van der Waals surface area contributed by atoms with Crippen LogP contribution in [0.1, 0.15) is 38.2 Å². The van der Waals surface area contributed by atoms with Crippen molar-refractivity contribution in [3.05, 3.63) is 52.5 Å². The number of fused-ring (bicyclic) bond motifs is 1. The molecule has 0 saturated carbocycles. The van der Waals surface area contributed by atoms with Gasteiger partial charge in [-0.2, -0.15) is 0 Å². The summed E-state index contributed by atoms with van der Waals surface area (Å²) >= 11 is 5.26. The topological polar surface area (TPSA) is 54.5 Å². The summed E-state index contributed by atoms with van der Waals surface area (Å²) < 4.78 is 7.73. The lowest BCUT2D eigenvalue weighted by atomic mass is 9.95. The molecule has 1 aliphatic rings. The van der Waals surface area contributed by atoms with Crippen LogP contribution < -0.4 is 15.0 Å². The van der Waals surface area contributed by atoms with Crippen molar-refractivity contribution in [3.8, 4) is 5.75 Å². The Hall–Kier alpha value is -2.12. The van der Waals surface area contributed by atoms with Gasteiger partial charge in [0.25, 0.3) is 0 Å². The van der Waals surface area contributed by atoms with Gasteiger partial charge in [0.1, 0.15) is 5.75 Å². The molecule has 4 rings (SSSR count). The number of rotatable bonds is 7. The summed E-state index contributed by atoms with van der Waals surface area (Å²) in [5.74, 6) is 1.42. The number of piperidine rings is 1. The monoisotopic (exact) mass is 501 g/mol. The maximum atomic E-state index is 12.7. The largest absolute Gasteiger partial charge is 0.493 e. The van der Waals surface area contributed by atoms with Crippen molar-refractivity contribution in [2.24, 2.45) is 5.92 Å². The number of amides is 1. The van der Waals surface area contributed by atoms with Crippen LogP contribution in [0, 0.1) is 5.92 Å². The second kappa shape index (κ2) is 10.0.